The number of hydrogen-bond acceptors (Lipinski definition) is 3. The third-order valence-corrected chi connectivity index (χ3v) is 3.11. The third kappa shape index (κ3) is 3.30. The van der Waals surface area contributed by atoms with Gasteiger partial charge >= 0.3 is 12.3 Å². The molecule has 2 rings (SSSR count). The maximum absolute atomic E-state index is 12.9. The third-order valence-electron chi connectivity index (χ3n) is 3.11. The Balaban J connectivity index is 2.22. The zero-order valence-electron chi connectivity index (χ0n) is 12.4. The molecule has 0 atom stereocenters. The van der Waals surface area contributed by atoms with Gasteiger partial charge in [0.2, 0.25) is 5.82 Å². The van der Waals surface area contributed by atoms with Crippen molar-refractivity contribution in [3.63, 3.8) is 0 Å². The second-order valence-electron chi connectivity index (χ2n) is 6.02. The van der Waals surface area contributed by atoms with Gasteiger partial charge in [0.15, 0.2) is 0 Å². The Bertz CT molecular complexity index is 558. The van der Waals surface area contributed by atoms with Crippen molar-refractivity contribution in [2.45, 2.75) is 52.6 Å². The van der Waals surface area contributed by atoms with Crippen molar-refractivity contribution in [3.05, 3.63) is 17.2 Å². The lowest BCUT2D eigenvalue weighted by Crippen LogP contribution is -2.42. The lowest BCUT2D eigenvalue weighted by molar-refractivity contribution is -0.147. The predicted octanol–water partition coefficient (Wildman–Crippen LogP) is 2.96. The normalized spacial score (nSPS) is 15.9. The van der Waals surface area contributed by atoms with Crippen molar-refractivity contribution in [2.75, 3.05) is 6.54 Å². The molecule has 1 amide bonds. The highest BCUT2D eigenvalue weighted by Crippen LogP contribution is 2.32. The Kier molecular flexibility index (Phi) is 3.67. The molecular formula is C13H18F3N3O2. The maximum Gasteiger partial charge on any atom is 0.449 e. The molecule has 0 unspecified atom stereocenters. The molecule has 21 heavy (non-hydrogen) atoms. The van der Waals surface area contributed by atoms with E-state index in [-0.39, 0.29) is 25.3 Å². The van der Waals surface area contributed by atoms with Gasteiger partial charge in [-0.1, -0.05) is 0 Å². The van der Waals surface area contributed by atoms with Gasteiger partial charge in [0.1, 0.15) is 5.60 Å². The number of ether oxygens (including phenoxy) is 1. The molecule has 0 bridgehead atoms. The van der Waals surface area contributed by atoms with Crippen LogP contribution in [0.2, 0.25) is 0 Å². The van der Waals surface area contributed by atoms with Crippen molar-refractivity contribution in [3.8, 4) is 0 Å². The van der Waals surface area contributed by atoms with Crippen LogP contribution >= 0.6 is 0 Å². The molecule has 0 aliphatic carbocycles. The second-order valence-corrected chi connectivity index (χ2v) is 6.02. The minimum atomic E-state index is -4.49. The average Bonchev–Trinajstić information content (AvgIpc) is 2.64. The van der Waals surface area contributed by atoms with Gasteiger partial charge in [-0.25, -0.2) is 9.78 Å². The van der Waals surface area contributed by atoms with Crippen molar-refractivity contribution >= 4 is 6.09 Å². The van der Waals surface area contributed by atoms with Crippen LogP contribution in [0.1, 0.15) is 38.0 Å². The van der Waals surface area contributed by atoms with E-state index in [0.29, 0.717) is 5.69 Å². The van der Waals surface area contributed by atoms with Crippen LogP contribution in [0.5, 0.6) is 0 Å². The molecule has 0 fully saturated rings. The van der Waals surface area contributed by atoms with E-state index in [9.17, 15) is 18.0 Å². The molecule has 1 aromatic rings. The molecule has 0 N–H and O–H groups in total. The topological polar surface area (TPSA) is 47.4 Å². The van der Waals surface area contributed by atoms with E-state index in [4.69, 9.17) is 4.74 Å². The van der Waals surface area contributed by atoms with Crippen molar-refractivity contribution in [1.82, 2.24) is 14.5 Å². The summed E-state index contributed by atoms with van der Waals surface area (Å²) in [5.41, 5.74) is 0.0519. The number of aryl methyl sites for hydroxylation is 1. The molecule has 8 heteroatoms. The molecule has 5 nitrogen and oxygen atoms in total. The molecule has 1 aliphatic heterocycles. The Morgan fingerprint density at radius 3 is 2.38 bits per heavy atom. The van der Waals surface area contributed by atoms with E-state index in [1.807, 2.05) is 0 Å². The first-order chi connectivity index (χ1) is 9.49. The molecule has 1 aromatic heterocycles. The number of imidazole rings is 1. The molecular weight excluding hydrogens is 287 g/mol. The van der Waals surface area contributed by atoms with Crippen molar-refractivity contribution in [2.24, 2.45) is 0 Å². The van der Waals surface area contributed by atoms with Crippen LogP contribution in [0.3, 0.4) is 0 Å². The van der Waals surface area contributed by atoms with Crippen LogP contribution in [0.4, 0.5) is 18.0 Å². The fourth-order valence-electron chi connectivity index (χ4n) is 2.23. The van der Waals surface area contributed by atoms with Crippen LogP contribution in [0.15, 0.2) is 0 Å². The fourth-order valence-corrected chi connectivity index (χ4v) is 2.23. The number of alkyl halides is 3. The van der Waals surface area contributed by atoms with E-state index in [0.717, 1.165) is 4.57 Å². The lowest BCUT2D eigenvalue weighted by atomic mass is 10.2. The van der Waals surface area contributed by atoms with Gasteiger partial charge < -0.3 is 14.2 Å². The van der Waals surface area contributed by atoms with Gasteiger partial charge in [-0.05, 0) is 27.7 Å². The van der Waals surface area contributed by atoms with Crippen molar-refractivity contribution < 1.29 is 22.7 Å². The maximum atomic E-state index is 12.9. The van der Waals surface area contributed by atoms with Crippen LogP contribution in [0, 0.1) is 6.92 Å². The summed E-state index contributed by atoms with van der Waals surface area (Å²) in [4.78, 5) is 17.0. The number of amides is 1. The van der Waals surface area contributed by atoms with Gasteiger partial charge in [0, 0.05) is 13.1 Å². The van der Waals surface area contributed by atoms with Gasteiger partial charge in [-0.2, -0.15) is 13.2 Å². The zero-order chi connectivity index (χ0) is 16.0. The number of carbonyl (C=O) groups excluding carboxylic acids is 1. The average molecular weight is 305 g/mol. The van der Waals surface area contributed by atoms with E-state index in [1.165, 1.54) is 11.8 Å². The lowest BCUT2D eigenvalue weighted by Gasteiger charge is -2.31. The van der Waals surface area contributed by atoms with E-state index >= 15 is 0 Å². The Morgan fingerprint density at radius 1 is 1.24 bits per heavy atom. The summed E-state index contributed by atoms with van der Waals surface area (Å²) < 4.78 is 45.0. The monoisotopic (exact) mass is 305 g/mol. The van der Waals surface area contributed by atoms with Gasteiger partial charge in [-0.15, -0.1) is 0 Å². The van der Waals surface area contributed by atoms with E-state index in [1.54, 1.807) is 20.8 Å². The van der Waals surface area contributed by atoms with Crippen molar-refractivity contribution in [1.29, 1.82) is 0 Å². The molecule has 0 aromatic carbocycles. The number of rotatable bonds is 0. The van der Waals surface area contributed by atoms with Crippen LogP contribution in [-0.2, 0) is 24.0 Å². The molecule has 2 heterocycles. The van der Waals surface area contributed by atoms with Gasteiger partial charge in [0.25, 0.3) is 0 Å². The van der Waals surface area contributed by atoms with Crippen LogP contribution < -0.4 is 0 Å². The predicted molar refractivity (Wildman–Crippen MR) is 68.6 cm³/mol. The standard InChI is InChI=1S/C13H18F3N3O2/c1-8-9-7-18(11(20)21-12(2,3)4)5-6-19(9)10(17-8)13(14,15)16/h5-7H2,1-4H3. The Labute approximate surface area is 120 Å². The summed E-state index contributed by atoms with van der Waals surface area (Å²) in [6.45, 7) is 7.04. The Morgan fingerprint density at radius 2 is 1.86 bits per heavy atom. The largest absolute Gasteiger partial charge is 0.449 e. The van der Waals surface area contributed by atoms with E-state index < -0.39 is 23.7 Å². The summed E-state index contributed by atoms with van der Waals surface area (Å²) in [5.74, 6) is -0.904. The molecule has 0 spiro atoms. The first kappa shape index (κ1) is 15.7. The minimum Gasteiger partial charge on any atom is -0.444 e. The molecule has 1 aliphatic rings. The Hall–Kier alpha value is -1.73. The number of aromatic nitrogens is 2. The first-order valence-electron chi connectivity index (χ1n) is 6.60. The second kappa shape index (κ2) is 4.92. The molecule has 0 saturated heterocycles. The number of carbonyl (C=O) groups is 1. The number of nitrogens with zero attached hydrogens (tertiary/aromatic N) is 3. The highest BCUT2D eigenvalue weighted by atomic mass is 19.4. The summed E-state index contributed by atoms with van der Waals surface area (Å²) >= 11 is 0. The molecule has 0 radical (unpaired) electrons. The zero-order valence-corrected chi connectivity index (χ0v) is 12.4. The van der Waals surface area contributed by atoms with E-state index in [2.05, 4.69) is 4.98 Å². The summed E-state index contributed by atoms with van der Waals surface area (Å²) in [6.07, 6.45) is -5.01. The number of halogens is 3. The van der Waals surface area contributed by atoms with Crippen LogP contribution in [-0.4, -0.2) is 32.7 Å². The van der Waals surface area contributed by atoms with Crippen LogP contribution in [0.25, 0.3) is 0 Å². The number of hydrogen-bond donors (Lipinski definition) is 0. The molecule has 118 valence electrons. The smallest absolute Gasteiger partial charge is 0.444 e. The quantitative estimate of drug-likeness (QED) is 0.740. The highest BCUT2D eigenvalue weighted by molar-refractivity contribution is 5.68. The fraction of sp³-hybridized carbons (Fsp3) is 0.692. The summed E-state index contributed by atoms with van der Waals surface area (Å²) in [7, 11) is 0. The number of fused-ring (bicyclic) bond motifs is 1. The first-order valence-corrected chi connectivity index (χ1v) is 6.60. The SMILES string of the molecule is Cc1nc(C(F)(F)F)n2c1CN(C(=O)OC(C)(C)C)CC2. The minimum absolute atomic E-state index is 0.0598. The van der Waals surface area contributed by atoms with Gasteiger partial charge in [0.05, 0.1) is 17.9 Å². The molecule has 0 saturated carbocycles. The summed E-state index contributed by atoms with van der Waals surface area (Å²) in [6, 6.07) is 0. The summed E-state index contributed by atoms with van der Waals surface area (Å²) in [5, 5.41) is 0. The highest BCUT2D eigenvalue weighted by Gasteiger charge is 2.40. The van der Waals surface area contributed by atoms with Gasteiger partial charge in [-0.3, -0.25) is 0 Å².